The summed E-state index contributed by atoms with van der Waals surface area (Å²) in [6, 6.07) is 13.0. The summed E-state index contributed by atoms with van der Waals surface area (Å²) >= 11 is 0. The summed E-state index contributed by atoms with van der Waals surface area (Å²) in [6.07, 6.45) is 0.0465. The average Bonchev–Trinajstić information content (AvgIpc) is 2.53. The van der Waals surface area contributed by atoms with Gasteiger partial charge in [-0.25, -0.2) is 0 Å². The molecule has 0 radical (unpaired) electrons. The van der Waals surface area contributed by atoms with Crippen LogP contribution in [-0.2, 0) is 6.42 Å². The van der Waals surface area contributed by atoms with Crippen molar-refractivity contribution in [2.75, 3.05) is 18.9 Å². The summed E-state index contributed by atoms with van der Waals surface area (Å²) in [4.78, 5) is 11.3. The molecule has 1 amide bonds. The number of nitrogens with one attached hydrogen (secondary N) is 2. The first-order chi connectivity index (χ1) is 10.2. The summed E-state index contributed by atoms with van der Waals surface area (Å²) in [5, 5.41) is 23.1. The van der Waals surface area contributed by atoms with E-state index in [2.05, 4.69) is 20.8 Å². The molecule has 6 heteroatoms. The lowest BCUT2D eigenvalue weighted by Gasteiger charge is -2.12. The van der Waals surface area contributed by atoms with Crippen LogP contribution in [0.1, 0.15) is 16.1 Å². The van der Waals surface area contributed by atoms with Gasteiger partial charge in [-0.1, -0.05) is 30.3 Å². The van der Waals surface area contributed by atoms with Crippen LogP contribution in [0.15, 0.2) is 42.5 Å². The molecular weight excluding hydrogens is 268 g/mol. The van der Waals surface area contributed by atoms with Crippen molar-refractivity contribution in [3.63, 3.8) is 0 Å². The molecule has 110 valence electrons. The third kappa shape index (κ3) is 4.54. The number of benzene rings is 1. The molecule has 6 nitrogen and oxygen atoms in total. The van der Waals surface area contributed by atoms with E-state index in [0.29, 0.717) is 18.8 Å². The zero-order valence-corrected chi connectivity index (χ0v) is 11.8. The molecule has 0 aliphatic carbocycles. The molecule has 1 aromatic carbocycles. The van der Waals surface area contributed by atoms with Gasteiger partial charge in [0.25, 0.3) is 5.91 Å². The summed E-state index contributed by atoms with van der Waals surface area (Å²) in [5.74, 6) is 0.243. The highest BCUT2D eigenvalue weighted by Crippen LogP contribution is 2.05. The average molecular weight is 286 g/mol. The van der Waals surface area contributed by atoms with Crippen molar-refractivity contribution in [1.29, 1.82) is 0 Å². The van der Waals surface area contributed by atoms with Crippen molar-refractivity contribution < 1.29 is 9.90 Å². The van der Waals surface area contributed by atoms with Crippen LogP contribution >= 0.6 is 0 Å². The quantitative estimate of drug-likeness (QED) is 0.733. The molecule has 0 fully saturated rings. The van der Waals surface area contributed by atoms with Crippen LogP contribution in [0.5, 0.6) is 0 Å². The van der Waals surface area contributed by atoms with Gasteiger partial charge in [0, 0.05) is 20.0 Å². The number of hydrogen-bond acceptors (Lipinski definition) is 5. The highest BCUT2D eigenvalue weighted by Gasteiger charge is 2.08. The molecule has 0 aliphatic heterocycles. The molecule has 1 aromatic heterocycles. The van der Waals surface area contributed by atoms with Gasteiger partial charge >= 0.3 is 0 Å². The third-order valence-electron chi connectivity index (χ3n) is 2.96. The van der Waals surface area contributed by atoms with E-state index < -0.39 is 6.10 Å². The van der Waals surface area contributed by atoms with Gasteiger partial charge in [0.15, 0.2) is 5.69 Å². The smallest absolute Gasteiger partial charge is 0.271 e. The molecule has 0 saturated heterocycles. The van der Waals surface area contributed by atoms with Gasteiger partial charge in [-0.05, 0) is 17.7 Å². The van der Waals surface area contributed by atoms with E-state index in [4.69, 9.17) is 0 Å². The van der Waals surface area contributed by atoms with Crippen molar-refractivity contribution in [3.8, 4) is 0 Å². The van der Waals surface area contributed by atoms with Gasteiger partial charge in [-0.3, -0.25) is 4.79 Å². The van der Waals surface area contributed by atoms with E-state index >= 15 is 0 Å². The molecule has 2 aromatic rings. The molecule has 1 heterocycles. The number of carbonyl (C=O) groups excluding carboxylic acids is 1. The van der Waals surface area contributed by atoms with Crippen LogP contribution < -0.4 is 10.6 Å². The highest BCUT2D eigenvalue weighted by molar-refractivity contribution is 5.91. The van der Waals surface area contributed by atoms with Crippen molar-refractivity contribution in [1.82, 2.24) is 15.5 Å². The Morgan fingerprint density at radius 2 is 1.95 bits per heavy atom. The van der Waals surface area contributed by atoms with E-state index in [1.165, 1.54) is 7.05 Å². The Hall–Kier alpha value is -2.47. The van der Waals surface area contributed by atoms with Crippen molar-refractivity contribution in [2.24, 2.45) is 0 Å². The van der Waals surface area contributed by atoms with Gasteiger partial charge in [-0.2, -0.15) is 0 Å². The maximum atomic E-state index is 11.3. The van der Waals surface area contributed by atoms with Crippen LogP contribution in [-0.4, -0.2) is 40.9 Å². The van der Waals surface area contributed by atoms with Crippen LogP contribution in [0, 0.1) is 0 Å². The first-order valence-electron chi connectivity index (χ1n) is 6.70. The number of carbonyl (C=O) groups is 1. The number of hydrogen-bond donors (Lipinski definition) is 3. The molecule has 2 rings (SSSR count). The van der Waals surface area contributed by atoms with E-state index in [9.17, 15) is 9.90 Å². The summed E-state index contributed by atoms with van der Waals surface area (Å²) in [7, 11) is 1.54. The number of amides is 1. The lowest BCUT2D eigenvalue weighted by atomic mass is 10.1. The minimum absolute atomic E-state index is 0.257. The lowest BCUT2D eigenvalue weighted by molar-refractivity contribution is 0.0957. The second kappa shape index (κ2) is 7.35. The zero-order chi connectivity index (χ0) is 15.1. The zero-order valence-electron chi connectivity index (χ0n) is 11.8. The standard InChI is InChI=1S/C15H18N4O2/c1-16-15(21)13-7-8-14(19-18-13)17-10-12(20)9-11-5-3-2-4-6-11/h2-8,12,20H,9-10H2,1H3,(H,16,21)(H,17,19). The second-order valence-electron chi connectivity index (χ2n) is 4.61. The molecule has 1 unspecified atom stereocenters. The summed E-state index contributed by atoms with van der Waals surface area (Å²) in [5.41, 5.74) is 1.33. The molecule has 3 N–H and O–H groups in total. The van der Waals surface area contributed by atoms with Crippen molar-refractivity contribution in [3.05, 3.63) is 53.7 Å². The van der Waals surface area contributed by atoms with Crippen LogP contribution in [0.25, 0.3) is 0 Å². The number of nitrogens with zero attached hydrogens (tertiary/aromatic N) is 2. The predicted molar refractivity (Wildman–Crippen MR) is 80.1 cm³/mol. The topological polar surface area (TPSA) is 87.1 Å². The Bertz CT molecular complexity index is 572. The molecule has 21 heavy (non-hydrogen) atoms. The SMILES string of the molecule is CNC(=O)c1ccc(NCC(O)Cc2ccccc2)nn1. The first kappa shape index (κ1) is 14.9. The number of anilines is 1. The van der Waals surface area contributed by atoms with Crippen molar-refractivity contribution in [2.45, 2.75) is 12.5 Å². The van der Waals surface area contributed by atoms with Gasteiger partial charge in [-0.15, -0.1) is 10.2 Å². The molecule has 0 bridgehead atoms. The van der Waals surface area contributed by atoms with Crippen molar-refractivity contribution >= 4 is 11.7 Å². The third-order valence-corrected chi connectivity index (χ3v) is 2.96. The fourth-order valence-corrected chi connectivity index (χ4v) is 1.86. The Morgan fingerprint density at radius 1 is 1.19 bits per heavy atom. The van der Waals surface area contributed by atoms with Gasteiger partial charge < -0.3 is 15.7 Å². The first-order valence-corrected chi connectivity index (χ1v) is 6.70. The van der Waals surface area contributed by atoms with Gasteiger partial charge in [0.2, 0.25) is 0 Å². The van der Waals surface area contributed by atoms with E-state index in [-0.39, 0.29) is 11.6 Å². The predicted octanol–water partition coefficient (Wildman–Crippen LogP) is 0.852. The summed E-state index contributed by atoms with van der Waals surface area (Å²) < 4.78 is 0. The molecule has 1 atom stereocenters. The van der Waals surface area contributed by atoms with E-state index in [1.54, 1.807) is 12.1 Å². The monoisotopic (exact) mass is 286 g/mol. The number of aliphatic hydroxyl groups excluding tert-OH is 1. The normalized spacial score (nSPS) is 11.7. The maximum Gasteiger partial charge on any atom is 0.271 e. The Labute approximate surface area is 123 Å². The maximum absolute atomic E-state index is 11.3. The molecular formula is C15H18N4O2. The fourth-order valence-electron chi connectivity index (χ4n) is 1.86. The Balaban J connectivity index is 1.84. The number of aromatic nitrogens is 2. The van der Waals surface area contributed by atoms with E-state index in [1.807, 2.05) is 30.3 Å². The van der Waals surface area contributed by atoms with Crippen LogP contribution in [0.2, 0.25) is 0 Å². The Morgan fingerprint density at radius 3 is 2.57 bits per heavy atom. The highest BCUT2D eigenvalue weighted by atomic mass is 16.3. The minimum Gasteiger partial charge on any atom is -0.391 e. The van der Waals surface area contributed by atoms with Crippen LogP contribution in [0.4, 0.5) is 5.82 Å². The van der Waals surface area contributed by atoms with Gasteiger partial charge in [0.1, 0.15) is 5.82 Å². The molecule has 0 aliphatic rings. The number of rotatable bonds is 6. The fraction of sp³-hybridized carbons (Fsp3) is 0.267. The summed E-state index contributed by atoms with van der Waals surface area (Å²) in [6.45, 7) is 0.364. The molecule has 0 saturated carbocycles. The number of aliphatic hydroxyl groups is 1. The second-order valence-corrected chi connectivity index (χ2v) is 4.61. The lowest BCUT2D eigenvalue weighted by Crippen LogP contribution is -2.23. The van der Waals surface area contributed by atoms with Crippen LogP contribution in [0.3, 0.4) is 0 Å². The Kier molecular flexibility index (Phi) is 5.22. The minimum atomic E-state index is -0.521. The van der Waals surface area contributed by atoms with Gasteiger partial charge in [0.05, 0.1) is 6.10 Å². The molecule has 0 spiro atoms. The van der Waals surface area contributed by atoms with E-state index in [0.717, 1.165) is 5.56 Å². The largest absolute Gasteiger partial charge is 0.391 e.